The largest absolute Gasteiger partial charge is 0.480 e. The fraction of sp³-hybridized carbons (Fsp3) is 0.250. The lowest BCUT2D eigenvalue weighted by Gasteiger charge is -2.25. The van der Waals surface area contributed by atoms with Crippen molar-refractivity contribution in [3.63, 3.8) is 0 Å². The number of rotatable bonds is 9. The number of carboxylic acid groups (broad SMARTS) is 1. The van der Waals surface area contributed by atoms with Crippen molar-refractivity contribution in [3.8, 4) is 0 Å². The summed E-state index contributed by atoms with van der Waals surface area (Å²) in [7, 11) is 0. The summed E-state index contributed by atoms with van der Waals surface area (Å²) < 4.78 is 32.2. The number of non-ortho nitro benzene ring substituents is 1. The van der Waals surface area contributed by atoms with Crippen LogP contribution in [0, 0.1) is 21.7 Å². The van der Waals surface area contributed by atoms with Crippen LogP contribution in [-0.2, 0) is 14.3 Å². The number of hydrogen-bond donors (Lipinski definition) is 2. The molecule has 0 unspecified atom stereocenters. The Labute approximate surface area is 174 Å². The summed E-state index contributed by atoms with van der Waals surface area (Å²) >= 11 is 0. The summed E-state index contributed by atoms with van der Waals surface area (Å²) in [4.78, 5) is 46.6. The number of nitrogens with one attached hydrogen (secondary N) is 1. The highest BCUT2D eigenvalue weighted by Gasteiger charge is 2.34. The van der Waals surface area contributed by atoms with E-state index in [1.807, 2.05) is 0 Å². The molecule has 0 aliphatic rings. The maximum absolute atomic E-state index is 13.9. The highest BCUT2D eigenvalue weighted by Crippen LogP contribution is 2.27. The van der Waals surface area contributed by atoms with Crippen molar-refractivity contribution in [1.82, 2.24) is 5.32 Å². The quantitative estimate of drug-likeness (QED) is 0.350. The van der Waals surface area contributed by atoms with E-state index < -0.39 is 58.3 Å². The molecule has 0 saturated heterocycles. The molecular formula is C20H18F2N2O7. The molecule has 11 heteroatoms. The van der Waals surface area contributed by atoms with Gasteiger partial charge in [-0.15, -0.1) is 0 Å². The number of halogens is 2. The average Bonchev–Trinajstić information content (AvgIpc) is 2.72. The molecule has 0 heterocycles. The predicted octanol–water partition coefficient (Wildman–Crippen LogP) is 2.79. The molecule has 0 aliphatic heterocycles. The van der Waals surface area contributed by atoms with E-state index >= 15 is 0 Å². The van der Waals surface area contributed by atoms with Gasteiger partial charge < -0.3 is 15.2 Å². The minimum absolute atomic E-state index is 0.0183. The van der Waals surface area contributed by atoms with Crippen molar-refractivity contribution in [2.75, 3.05) is 6.61 Å². The maximum Gasteiger partial charge on any atom is 0.326 e. The topological polar surface area (TPSA) is 136 Å². The molecule has 31 heavy (non-hydrogen) atoms. The summed E-state index contributed by atoms with van der Waals surface area (Å²) in [6.07, 6.45) is -0.492. The lowest BCUT2D eigenvalue weighted by molar-refractivity contribution is -0.384. The van der Waals surface area contributed by atoms with E-state index in [9.17, 15) is 38.4 Å². The summed E-state index contributed by atoms with van der Waals surface area (Å²) in [5.41, 5.74) is -0.799. The van der Waals surface area contributed by atoms with Crippen LogP contribution in [0.5, 0.6) is 0 Å². The van der Waals surface area contributed by atoms with E-state index in [1.165, 1.54) is 12.1 Å². The van der Waals surface area contributed by atoms with Gasteiger partial charge in [0.05, 0.1) is 23.5 Å². The van der Waals surface area contributed by atoms with Gasteiger partial charge in [-0.05, 0) is 24.6 Å². The summed E-state index contributed by atoms with van der Waals surface area (Å²) in [6, 6.07) is 5.80. The molecule has 2 aromatic carbocycles. The first kappa shape index (κ1) is 23.4. The van der Waals surface area contributed by atoms with Crippen molar-refractivity contribution < 1.29 is 37.9 Å². The molecule has 0 radical (unpaired) electrons. The van der Waals surface area contributed by atoms with E-state index in [-0.39, 0.29) is 17.9 Å². The molecule has 0 fully saturated rings. The zero-order valence-corrected chi connectivity index (χ0v) is 16.2. The Balaban J connectivity index is 2.41. The smallest absolute Gasteiger partial charge is 0.326 e. The SMILES string of the molecule is CCOC(=O)C[C@@H](c1ccc([N+](=O)[O-])cc1)[C@H](NC(=O)c1cccc(F)c1F)C(=O)O. The van der Waals surface area contributed by atoms with Crippen molar-refractivity contribution in [1.29, 1.82) is 0 Å². The minimum Gasteiger partial charge on any atom is -0.480 e. The summed E-state index contributed by atoms with van der Waals surface area (Å²) in [5, 5.41) is 22.6. The predicted molar refractivity (Wildman–Crippen MR) is 102 cm³/mol. The van der Waals surface area contributed by atoms with Gasteiger partial charge in [-0.25, -0.2) is 13.6 Å². The van der Waals surface area contributed by atoms with Gasteiger partial charge in [-0.2, -0.15) is 0 Å². The number of benzene rings is 2. The maximum atomic E-state index is 13.9. The number of carbonyl (C=O) groups is 3. The average molecular weight is 436 g/mol. The third-order valence-electron chi connectivity index (χ3n) is 4.38. The lowest BCUT2D eigenvalue weighted by atomic mass is 9.88. The van der Waals surface area contributed by atoms with Gasteiger partial charge in [0.15, 0.2) is 11.6 Å². The molecule has 0 aromatic heterocycles. The number of hydrogen-bond acceptors (Lipinski definition) is 6. The number of nitro benzene ring substituents is 1. The summed E-state index contributed by atoms with van der Waals surface area (Å²) in [5.74, 6) is -7.50. The van der Waals surface area contributed by atoms with Crippen LogP contribution in [0.4, 0.5) is 14.5 Å². The molecule has 2 atom stereocenters. The Kier molecular flexibility index (Phi) is 7.72. The number of carboxylic acids is 1. The molecule has 9 nitrogen and oxygen atoms in total. The third-order valence-corrected chi connectivity index (χ3v) is 4.38. The fourth-order valence-corrected chi connectivity index (χ4v) is 2.90. The molecule has 2 rings (SSSR count). The van der Waals surface area contributed by atoms with Crippen LogP contribution in [0.25, 0.3) is 0 Å². The van der Waals surface area contributed by atoms with Crippen molar-refractivity contribution in [3.05, 3.63) is 75.3 Å². The first-order chi connectivity index (χ1) is 14.6. The second-order valence-corrected chi connectivity index (χ2v) is 6.36. The number of nitrogens with zero attached hydrogens (tertiary/aromatic N) is 1. The number of amides is 1. The monoisotopic (exact) mass is 436 g/mol. The molecule has 0 aliphatic carbocycles. The Morgan fingerprint density at radius 2 is 1.81 bits per heavy atom. The molecule has 2 N–H and O–H groups in total. The van der Waals surface area contributed by atoms with Gasteiger partial charge in [0.25, 0.3) is 11.6 Å². The molecule has 0 saturated carbocycles. The van der Waals surface area contributed by atoms with E-state index in [1.54, 1.807) is 6.92 Å². The van der Waals surface area contributed by atoms with E-state index in [2.05, 4.69) is 5.32 Å². The number of aliphatic carboxylic acids is 1. The molecule has 0 spiro atoms. The molecule has 0 bridgehead atoms. The first-order valence-corrected chi connectivity index (χ1v) is 9.03. The van der Waals surface area contributed by atoms with Crippen molar-refractivity contribution >= 4 is 23.5 Å². The van der Waals surface area contributed by atoms with Crippen LogP contribution in [0.15, 0.2) is 42.5 Å². The molecule has 1 amide bonds. The fourth-order valence-electron chi connectivity index (χ4n) is 2.90. The van der Waals surface area contributed by atoms with Crippen LogP contribution in [0.1, 0.15) is 35.2 Å². The van der Waals surface area contributed by atoms with Crippen LogP contribution < -0.4 is 5.32 Å². The second-order valence-electron chi connectivity index (χ2n) is 6.36. The first-order valence-electron chi connectivity index (χ1n) is 9.03. The highest BCUT2D eigenvalue weighted by atomic mass is 19.2. The summed E-state index contributed by atoms with van der Waals surface area (Å²) in [6.45, 7) is 1.56. The van der Waals surface area contributed by atoms with Crippen LogP contribution in [0.2, 0.25) is 0 Å². The number of nitro groups is 1. The molecule has 2 aromatic rings. The second kappa shape index (κ2) is 10.2. The Hall–Kier alpha value is -3.89. The zero-order valence-electron chi connectivity index (χ0n) is 16.2. The standard InChI is InChI=1S/C20H18F2N2O7/c1-2-31-16(25)10-14(11-6-8-12(9-7-11)24(29)30)18(20(27)28)23-19(26)13-4-3-5-15(21)17(13)22/h3-9,14,18H,2,10H2,1H3,(H,23,26)(H,27,28)/t14-,18-/m0/s1. The van der Waals surface area contributed by atoms with Crippen LogP contribution in [-0.4, -0.2) is 40.5 Å². The van der Waals surface area contributed by atoms with Crippen LogP contribution in [0.3, 0.4) is 0 Å². The van der Waals surface area contributed by atoms with Gasteiger partial charge >= 0.3 is 11.9 Å². The van der Waals surface area contributed by atoms with Crippen molar-refractivity contribution in [2.24, 2.45) is 0 Å². The Bertz CT molecular complexity index is 996. The van der Waals surface area contributed by atoms with E-state index in [0.717, 1.165) is 30.3 Å². The van der Waals surface area contributed by atoms with Gasteiger partial charge in [-0.3, -0.25) is 19.7 Å². The highest BCUT2D eigenvalue weighted by molar-refractivity contribution is 5.97. The zero-order chi connectivity index (χ0) is 23.1. The van der Waals surface area contributed by atoms with Gasteiger partial charge in [-0.1, -0.05) is 18.2 Å². The Morgan fingerprint density at radius 3 is 2.35 bits per heavy atom. The molecule has 164 valence electrons. The number of carbonyl (C=O) groups excluding carboxylic acids is 2. The number of ether oxygens (including phenoxy) is 1. The third kappa shape index (κ3) is 5.81. The van der Waals surface area contributed by atoms with Gasteiger partial charge in [0, 0.05) is 18.1 Å². The minimum atomic E-state index is -1.75. The normalized spacial score (nSPS) is 12.5. The van der Waals surface area contributed by atoms with E-state index in [4.69, 9.17) is 4.74 Å². The molecular weight excluding hydrogens is 418 g/mol. The van der Waals surface area contributed by atoms with Gasteiger partial charge in [0.1, 0.15) is 6.04 Å². The van der Waals surface area contributed by atoms with Crippen molar-refractivity contribution in [2.45, 2.75) is 25.3 Å². The van der Waals surface area contributed by atoms with Gasteiger partial charge in [0.2, 0.25) is 0 Å². The lowest BCUT2D eigenvalue weighted by Crippen LogP contribution is -2.46. The van der Waals surface area contributed by atoms with Crippen LogP contribution >= 0.6 is 0 Å². The Morgan fingerprint density at radius 1 is 1.16 bits per heavy atom. The number of esters is 1. The van der Waals surface area contributed by atoms with E-state index in [0.29, 0.717) is 0 Å².